The summed E-state index contributed by atoms with van der Waals surface area (Å²) in [6, 6.07) is 14.2. The molecule has 0 aliphatic heterocycles. The van der Waals surface area contributed by atoms with E-state index >= 15 is 0 Å². The van der Waals surface area contributed by atoms with Crippen LogP contribution in [-0.4, -0.2) is 29.6 Å². The second-order valence-corrected chi connectivity index (χ2v) is 6.77. The van der Waals surface area contributed by atoms with Crippen LogP contribution in [0, 0.1) is 10.1 Å². The molecular formula is C21H19N5O3. The average molecular weight is 389 g/mol. The molecule has 2 aromatic heterocycles. The van der Waals surface area contributed by atoms with Crippen molar-refractivity contribution in [2.75, 3.05) is 0 Å². The van der Waals surface area contributed by atoms with Crippen LogP contribution in [0.3, 0.4) is 0 Å². The molecule has 29 heavy (non-hydrogen) atoms. The van der Waals surface area contributed by atoms with E-state index in [9.17, 15) is 15.2 Å². The second-order valence-electron chi connectivity index (χ2n) is 6.77. The SMILES string of the molecule is Cn1cc(-c2ccc(C[C@H](O)c3ccc(-n4cccn4)cc3)c([N+](=O)[O-])c2)cn1. The van der Waals surface area contributed by atoms with Crippen molar-refractivity contribution in [1.29, 1.82) is 0 Å². The van der Waals surface area contributed by atoms with E-state index < -0.39 is 11.0 Å². The lowest BCUT2D eigenvalue weighted by Gasteiger charge is -2.13. The number of hydrogen-bond donors (Lipinski definition) is 1. The van der Waals surface area contributed by atoms with Gasteiger partial charge >= 0.3 is 0 Å². The monoisotopic (exact) mass is 389 g/mol. The van der Waals surface area contributed by atoms with Gasteiger partial charge in [-0.05, 0) is 29.3 Å². The van der Waals surface area contributed by atoms with Gasteiger partial charge in [-0.2, -0.15) is 10.2 Å². The van der Waals surface area contributed by atoms with Gasteiger partial charge < -0.3 is 5.11 Å². The Labute approximate surface area is 166 Å². The molecule has 0 fully saturated rings. The molecule has 0 radical (unpaired) electrons. The Morgan fingerprint density at radius 2 is 1.93 bits per heavy atom. The summed E-state index contributed by atoms with van der Waals surface area (Å²) < 4.78 is 3.36. The number of hydrogen-bond acceptors (Lipinski definition) is 5. The van der Waals surface area contributed by atoms with E-state index in [2.05, 4.69) is 10.2 Å². The summed E-state index contributed by atoms with van der Waals surface area (Å²) in [5, 5.41) is 30.5. The fourth-order valence-electron chi connectivity index (χ4n) is 3.25. The molecule has 1 atom stereocenters. The molecule has 8 heteroatoms. The Hall–Kier alpha value is -3.78. The Bertz CT molecular complexity index is 1130. The zero-order valence-corrected chi connectivity index (χ0v) is 15.7. The summed E-state index contributed by atoms with van der Waals surface area (Å²) in [7, 11) is 1.79. The maximum atomic E-state index is 11.6. The summed E-state index contributed by atoms with van der Waals surface area (Å²) in [5.41, 5.74) is 3.54. The van der Waals surface area contributed by atoms with Crippen LogP contribution >= 0.6 is 0 Å². The molecule has 2 heterocycles. The van der Waals surface area contributed by atoms with E-state index in [0.29, 0.717) is 16.7 Å². The van der Waals surface area contributed by atoms with Crippen molar-refractivity contribution in [2.24, 2.45) is 7.05 Å². The van der Waals surface area contributed by atoms with E-state index in [1.54, 1.807) is 53.2 Å². The zero-order valence-electron chi connectivity index (χ0n) is 15.7. The molecule has 0 amide bonds. The van der Waals surface area contributed by atoms with Crippen LogP contribution in [0.25, 0.3) is 16.8 Å². The molecule has 4 aromatic rings. The maximum Gasteiger partial charge on any atom is 0.273 e. The molecule has 0 spiro atoms. The Balaban J connectivity index is 1.57. The fraction of sp³-hybridized carbons (Fsp3) is 0.143. The number of rotatable bonds is 6. The number of nitro benzene ring substituents is 1. The minimum Gasteiger partial charge on any atom is -0.388 e. The number of aliphatic hydroxyl groups excluding tert-OH is 1. The van der Waals surface area contributed by atoms with Crippen LogP contribution in [0.2, 0.25) is 0 Å². The molecule has 1 N–H and O–H groups in total. The van der Waals surface area contributed by atoms with E-state index in [4.69, 9.17) is 0 Å². The molecule has 0 unspecified atom stereocenters. The standard InChI is InChI=1S/C21H19N5O3/c1-24-14-18(13-23-24)16-3-4-17(20(11-16)26(28)29)12-21(27)15-5-7-19(8-6-15)25-10-2-9-22-25/h2-11,13-14,21,27H,12H2,1H3/t21-/m0/s1. The molecule has 4 rings (SSSR count). The molecular weight excluding hydrogens is 370 g/mol. The predicted molar refractivity (Wildman–Crippen MR) is 108 cm³/mol. The quantitative estimate of drug-likeness (QED) is 0.402. The molecule has 8 nitrogen and oxygen atoms in total. The van der Waals surface area contributed by atoms with Crippen molar-refractivity contribution in [1.82, 2.24) is 19.6 Å². The van der Waals surface area contributed by atoms with Gasteiger partial charge in [0, 0.05) is 49.3 Å². The van der Waals surface area contributed by atoms with Gasteiger partial charge in [-0.3, -0.25) is 14.8 Å². The first-order valence-electron chi connectivity index (χ1n) is 9.05. The highest BCUT2D eigenvalue weighted by Crippen LogP contribution is 2.30. The normalized spacial score (nSPS) is 12.1. The van der Waals surface area contributed by atoms with Crippen molar-refractivity contribution in [3.8, 4) is 16.8 Å². The van der Waals surface area contributed by atoms with E-state index in [1.807, 2.05) is 30.5 Å². The third-order valence-electron chi connectivity index (χ3n) is 4.78. The van der Waals surface area contributed by atoms with Gasteiger partial charge in [0.2, 0.25) is 0 Å². The number of aliphatic hydroxyl groups is 1. The fourth-order valence-corrected chi connectivity index (χ4v) is 3.25. The molecule has 2 aromatic carbocycles. The number of benzene rings is 2. The topological polar surface area (TPSA) is 99.0 Å². The van der Waals surface area contributed by atoms with Gasteiger partial charge in [-0.1, -0.05) is 24.3 Å². The molecule has 0 saturated heterocycles. The van der Waals surface area contributed by atoms with Crippen LogP contribution in [0.4, 0.5) is 5.69 Å². The van der Waals surface area contributed by atoms with Crippen LogP contribution in [0.1, 0.15) is 17.2 Å². The predicted octanol–water partition coefficient (Wildman–Crippen LogP) is 3.46. The van der Waals surface area contributed by atoms with Crippen molar-refractivity contribution in [3.05, 3.63) is 94.6 Å². The van der Waals surface area contributed by atoms with Crippen LogP contribution in [0.15, 0.2) is 73.3 Å². The van der Waals surface area contributed by atoms with Crippen LogP contribution < -0.4 is 0 Å². The molecule has 0 aliphatic carbocycles. The highest BCUT2D eigenvalue weighted by atomic mass is 16.6. The average Bonchev–Trinajstić information content (AvgIpc) is 3.40. The van der Waals surface area contributed by atoms with Gasteiger partial charge in [0.1, 0.15) is 0 Å². The largest absolute Gasteiger partial charge is 0.388 e. The third-order valence-corrected chi connectivity index (χ3v) is 4.78. The first kappa shape index (κ1) is 18.6. The second kappa shape index (κ2) is 7.69. The van der Waals surface area contributed by atoms with Gasteiger partial charge in [-0.15, -0.1) is 0 Å². The summed E-state index contributed by atoms with van der Waals surface area (Å²) in [4.78, 5) is 11.2. The van der Waals surface area contributed by atoms with Crippen LogP contribution in [0.5, 0.6) is 0 Å². The van der Waals surface area contributed by atoms with E-state index in [-0.39, 0.29) is 12.1 Å². The van der Waals surface area contributed by atoms with Crippen molar-refractivity contribution in [2.45, 2.75) is 12.5 Å². The number of nitro groups is 1. The lowest BCUT2D eigenvalue weighted by molar-refractivity contribution is -0.385. The molecule has 146 valence electrons. The Morgan fingerprint density at radius 1 is 1.14 bits per heavy atom. The number of aromatic nitrogens is 4. The van der Waals surface area contributed by atoms with Gasteiger partial charge in [-0.25, -0.2) is 4.68 Å². The lowest BCUT2D eigenvalue weighted by Crippen LogP contribution is -2.05. The van der Waals surface area contributed by atoms with Crippen molar-refractivity contribution < 1.29 is 10.0 Å². The summed E-state index contributed by atoms with van der Waals surface area (Å²) in [5.74, 6) is 0. The van der Waals surface area contributed by atoms with E-state index in [0.717, 1.165) is 11.3 Å². The smallest absolute Gasteiger partial charge is 0.273 e. The highest BCUT2D eigenvalue weighted by Gasteiger charge is 2.19. The Kier molecular flexibility index (Phi) is 4.92. The molecule has 0 saturated carbocycles. The Morgan fingerprint density at radius 3 is 2.55 bits per heavy atom. The first-order chi connectivity index (χ1) is 14.0. The minimum absolute atomic E-state index is 0.0152. The lowest BCUT2D eigenvalue weighted by atomic mass is 9.97. The maximum absolute atomic E-state index is 11.6. The summed E-state index contributed by atoms with van der Waals surface area (Å²) >= 11 is 0. The minimum atomic E-state index is -0.857. The van der Waals surface area contributed by atoms with Crippen LogP contribution in [-0.2, 0) is 13.5 Å². The zero-order chi connectivity index (χ0) is 20.4. The molecule has 0 bridgehead atoms. The number of aryl methyl sites for hydroxylation is 1. The summed E-state index contributed by atoms with van der Waals surface area (Å²) in [6.07, 6.45) is 6.27. The number of nitrogens with zero attached hydrogens (tertiary/aromatic N) is 5. The van der Waals surface area contributed by atoms with Crippen molar-refractivity contribution in [3.63, 3.8) is 0 Å². The third kappa shape index (κ3) is 3.92. The van der Waals surface area contributed by atoms with Gasteiger partial charge in [0.15, 0.2) is 0 Å². The highest BCUT2D eigenvalue weighted by molar-refractivity contribution is 5.66. The van der Waals surface area contributed by atoms with Gasteiger partial charge in [0.05, 0.1) is 22.9 Å². The van der Waals surface area contributed by atoms with Crippen molar-refractivity contribution >= 4 is 5.69 Å². The first-order valence-corrected chi connectivity index (χ1v) is 9.05. The molecule has 0 aliphatic rings. The van der Waals surface area contributed by atoms with Gasteiger partial charge in [0.25, 0.3) is 5.69 Å². The van der Waals surface area contributed by atoms with E-state index in [1.165, 1.54) is 6.07 Å². The summed E-state index contributed by atoms with van der Waals surface area (Å²) in [6.45, 7) is 0.